The molecule has 2 saturated carbocycles. The fourth-order valence-corrected chi connectivity index (χ4v) is 5.67. The lowest BCUT2D eigenvalue weighted by atomic mass is 9.76. The Morgan fingerprint density at radius 2 is 1.80 bits per heavy atom. The Bertz CT molecular complexity index is 999. The summed E-state index contributed by atoms with van der Waals surface area (Å²) in [6, 6.07) is 13.8. The normalized spacial score (nSPS) is 31.0. The lowest BCUT2D eigenvalue weighted by Crippen LogP contribution is -2.25. The van der Waals surface area contributed by atoms with E-state index in [1.54, 1.807) is 6.07 Å². The zero-order chi connectivity index (χ0) is 21.0. The second kappa shape index (κ2) is 7.05. The number of carbonyl (C=O) groups is 2. The van der Waals surface area contributed by atoms with Gasteiger partial charge in [-0.05, 0) is 55.2 Å². The molecule has 1 N–H and O–H groups in total. The van der Waals surface area contributed by atoms with Crippen molar-refractivity contribution in [3.8, 4) is 5.75 Å². The molecular formula is C26H28O4. The summed E-state index contributed by atoms with van der Waals surface area (Å²) in [4.78, 5) is 25.9. The SMILES string of the molecule is CCC(=O)c1cc(C(=O)CC2[C@H]3CC(O)C[C@@H]23)cc2c1OC[C@@]2(C)c1ccccc1. The van der Waals surface area contributed by atoms with Gasteiger partial charge in [0.25, 0.3) is 0 Å². The van der Waals surface area contributed by atoms with Crippen molar-refractivity contribution in [1.29, 1.82) is 0 Å². The smallest absolute Gasteiger partial charge is 0.166 e. The summed E-state index contributed by atoms with van der Waals surface area (Å²) in [6.07, 6.45) is 2.34. The molecule has 3 aliphatic rings. The predicted octanol–water partition coefficient (Wildman–Crippen LogP) is 4.57. The lowest BCUT2D eigenvalue weighted by Gasteiger charge is -2.24. The summed E-state index contributed by atoms with van der Waals surface area (Å²) in [6.45, 7) is 4.42. The van der Waals surface area contributed by atoms with Crippen molar-refractivity contribution in [3.05, 3.63) is 64.7 Å². The molecule has 2 aromatic carbocycles. The third-order valence-electron chi connectivity index (χ3n) is 7.56. The van der Waals surface area contributed by atoms with Gasteiger partial charge in [0.05, 0.1) is 17.1 Å². The molecule has 2 fully saturated rings. The van der Waals surface area contributed by atoms with Crippen molar-refractivity contribution >= 4 is 11.6 Å². The molecule has 0 amide bonds. The monoisotopic (exact) mass is 404 g/mol. The second-order valence-corrected chi connectivity index (χ2v) is 9.41. The van der Waals surface area contributed by atoms with E-state index in [1.165, 1.54) is 0 Å². The summed E-state index contributed by atoms with van der Waals surface area (Å²) in [5, 5.41) is 9.76. The fourth-order valence-electron chi connectivity index (χ4n) is 5.67. The highest BCUT2D eigenvalue weighted by Crippen LogP contribution is 2.59. The van der Waals surface area contributed by atoms with Gasteiger partial charge >= 0.3 is 0 Å². The van der Waals surface area contributed by atoms with Gasteiger partial charge in [0, 0.05) is 24.0 Å². The van der Waals surface area contributed by atoms with Crippen molar-refractivity contribution in [3.63, 3.8) is 0 Å². The molecular weight excluding hydrogens is 376 g/mol. The standard InChI is InChI=1S/C26H28O4/c1-3-23(28)21-9-15(24(29)13-20-18-11-17(27)12-19(18)20)10-22-25(21)30-14-26(22,2)16-7-5-4-6-8-16/h4-10,17-20,27H,3,11-14H2,1-2H3/t17?,18-,19+,20?,26-/m0/s1. The van der Waals surface area contributed by atoms with Crippen LogP contribution in [0.5, 0.6) is 5.75 Å². The molecule has 4 heteroatoms. The Labute approximate surface area is 177 Å². The van der Waals surface area contributed by atoms with Crippen molar-refractivity contribution in [1.82, 2.24) is 0 Å². The topological polar surface area (TPSA) is 63.6 Å². The average molecular weight is 405 g/mol. The van der Waals surface area contributed by atoms with E-state index in [1.807, 2.05) is 31.2 Å². The van der Waals surface area contributed by atoms with Crippen LogP contribution < -0.4 is 4.74 Å². The molecule has 0 saturated heterocycles. The van der Waals surface area contributed by atoms with Gasteiger partial charge in [0.2, 0.25) is 0 Å². The number of hydrogen-bond acceptors (Lipinski definition) is 4. The Hall–Kier alpha value is -2.46. The highest BCUT2D eigenvalue weighted by atomic mass is 16.5. The molecule has 0 radical (unpaired) electrons. The van der Waals surface area contributed by atoms with E-state index in [4.69, 9.17) is 4.74 Å². The first-order valence-electron chi connectivity index (χ1n) is 11.0. The van der Waals surface area contributed by atoms with Gasteiger partial charge < -0.3 is 9.84 Å². The number of aliphatic hydroxyl groups excluding tert-OH is 1. The highest BCUT2D eigenvalue weighted by molar-refractivity contribution is 6.04. The molecule has 2 aromatic rings. The molecule has 1 aliphatic heterocycles. The number of Topliss-reactive ketones (excluding diaryl/α,β-unsaturated/α-hetero) is 2. The minimum absolute atomic E-state index is 0.00428. The molecule has 0 bridgehead atoms. The van der Waals surface area contributed by atoms with Crippen molar-refractivity contribution in [2.75, 3.05) is 6.61 Å². The van der Waals surface area contributed by atoms with E-state index in [9.17, 15) is 14.7 Å². The first-order chi connectivity index (χ1) is 14.4. The number of carbonyl (C=O) groups excluding carboxylic acids is 2. The molecule has 5 rings (SSSR count). The van der Waals surface area contributed by atoms with Crippen LogP contribution in [0.4, 0.5) is 0 Å². The van der Waals surface area contributed by atoms with E-state index in [0.29, 0.717) is 54.1 Å². The van der Waals surface area contributed by atoms with Gasteiger partial charge in [0.15, 0.2) is 11.6 Å². The summed E-state index contributed by atoms with van der Waals surface area (Å²) in [7, 11) is 0. The van der Waals surface area contributed by atoms with Gasteiger partial charge in [-0.15, -0.1) is 0 Å². The quantitative estimate of drug-likeness (QED) is 0.717. The van der Waals surface area contributed by atoms with E-state index in [0.717, 1.165) is 24.0 Å². The largest absolute Gasteiger partial charge is 0.491 e. The summed E-state index contributed by atoms with van der Waals surface area (Å²) in [5.74, 6) is 2.11. The van der Waals surface area contributed by atoms with Crippen LogP contribution in [-0.4, -0.2) is 29.4 Å². The molecule has 5 atom stereocenters. The number of benzene rings is 2. The maximum Gasteiger partial charge on any atom is 0.166 e. The van der Waals surface area contributed by atoms with E-state index in [-0.39, 0.29) is 17.7 Å². The van der Waals surface area contributed by atoms with Crippen molar-refractivity contribution in [2.24, 2.45) is 17.8 Å². The van der Waals surface area contributed by atoms with Crippen LogP contribution in [0, 0.1) is 17.8 Å². The number of ether oxygens (including phenoxy) is 1. The average Bonchev–Trinajstić information content (AvgIpc) is 3.08. The molecule has 156 valence electrons. The molecule has 2 aliphatic carbocycles. The minimum atomic E-state index is -0.393. The van der Waals surface area contributed by atoms with Gasteiger partial charge in [-0.2, -0.15) is 0 Å². The third-order valence-corrected chi connectivity index (χ3v) is 7.56. The van der Waals surface area contributed by atoms with E-state index in [2.05, 4.69) is 19.1 Å². The van der Waals surface area contributed by atoms with Crippen LogP contribution in [0.25, 0.3) is 0 Å². The van der Waals surface area contributed by atoms with Gasteiger partial charge in [-0.3, -0.25) is 9.59 Å². The van der Waals surface area contributed by atoms with Gasteiger partial charge in [0.1, 0.15) is 12.4 Å². The number of fused-ring (bicyclic) bond motifs is 2. The Morgan fingerprint density at radius 1 is 1.10 bits per heavy atom. The summed E-state index contributed by atoms with van der Waals surface area (Å²) >= 11 is 0. The van der Waals surface area contributed by atoms with Gasteiger partial charge in [-0.25, -0.2) is 0 Å². The van der Waals surface area contributed by atoms with Crippen molar-refractivity contribution in [2.45, 2.75) is 51.0 Å². The molecule has 0 aromatic heterocycles. The van der Waals surface area contributed by atoms with E-state index >= 15 is 0 Å². The summed E-state index contributed by atoms with van der Waals surface area (Å²) in [5.41, 5.74) is 2.81. The first-order valence-corrected chi connectivity index (χ1v) is 11.0. The molecule has 30 heavy (non-hydrogen) atoms. The first kappa shape index (κ1) is 19.5. The molecule has 0 spiro atoms. The molecule has 1 heterocycles. The minimum Gasteiger partial charge on any atom is -0.491 e. The van der Waals surface area contributed by atoms with Crippen LogP contribution in [0.2, 0.25) is 0 Å². The fraction of sp³-hybridized carbons (Fsp3) is 0.462. The highest BCUT2D eigenvalue weighted by Gasteiger charge is 2.56. The van der Waals surface area contributed by atoms with Crippen molar-refractivity contribution < 1.29 is 19.4 Å². The Balaban J connectivity index is 1.51. The maximum atomic E-state index is 13.2. The number of rotatable bonds is 6. The second-order valence-electron chi connectivity index (χ2n) is 9.41. The third kappa shape index (κ3) is 3.01. The van der Waals surface area contributed by atoms with E-state index < -0.39 is 5.41 Å². The van der Waals surface area contributed by atoms with Gasteiger partial charge in [-0.1, -0.05) is 37.3 Å². The van der Waals surface area contributed by atoms with Crippen LogP contribution in [0.1, 0.15) is 71.4 Å². The Kier molecular flexibility index (Phi) is 4.59. The maximum absolute atomic E-state index is 13.2. The molecule has 2 unspecified atom stereocenters. The molecule has 4 nitrogen and oxygen atoms in total. The van der Waals surface area contributed by atoms with Crippen LogP contribution in [0.15, 0.2) is 42.5 Å². The number of aliphatic hydroxyl groups is 1. The predicted molar refractivity (Wildman–Crippen MR) is 114 cm³/mol. The lowest BCUT2D eigenvalue weighted by molar-refractivity contribution is 0.0960. The van der Waals surface area contributed by atoms with Crippen LogP contribution in [0.3, 0.4) is 0 Å². The zero-order valence-corrected chi connectivity index (χ0v) is 17.6. The van der Waals surface area contributed by atoms with Crippen LogP contribution >= 0.6 is 0 Å². The number of hydrogen-bond donors (Lipinski definition) is 1. The summed E-state index contributed by atoms with van der Waals surface area (Å²) < 4.78 is 6.06. The van der Waals surface area contributed by atoms with Crippen LogP contribution in [-0.2, 0) is 5.41 Å². The number of ketones is 2. The zero-order valence-electron chi connectivity index (χ0n) is 17.6. The Morgan fingerprint density at radius 3 is 2.47 bits per heavy atom.